The number of carbonyl (C=O) groups is 1. The molecule has 0 aliphatic carbocycles. The van der Waals surface area contributed by atoms with E-state index < -0.39 is 0 Å². The van der Waals surface area contributed by atoms with Gasteiger partial charge >= 0.3 is 0 Å². The molecule has 1 atom stereocenters. The van der Waals surface area contributed by atoms with E-state index in [-0.39, 0.29) is 11.8 Å². The third-order valence-electron chi connectivity index (χ3n) is 6.06. The zero-order chi connectivity index (χ0) is 26.9. The van der Waals surface area contributed by atoms with Crippen LogP contribution in [-0.4, -0.2) is 39.1 Å². The van der Waals surface area contributed by atoms with Crippen LogP contribution in [0.4, 0.5) is 5.69 Å². The number of tetrazole rings is 1. The molecule has 38 heavy (non-hydrogen) atoms. The summed E-state index contributed by atoms with van der Waals surface area (Å²) in [4.78, 5) is 12.5. The van der Waals surface area contributed by atoms with Gasteiger partial charge in [-0.15, -0.1) is 10.2 Å². The highest BCUT2D eigenvalue weighted by Crippen LogP contribution is 2.36. The van der Waals surface area contributed by atoms with Crippen molar-refractivity contribution in [1.29, 1.82) is 0 Å². The van der Waals surface area contributed by atoms with Crippen molar-refractivity contribution in [3.8, 4) is 16.9 Å². The van der Waals surface area contributed by atoms with Crippen LogP contribution in [0.3, 0.4) is 0 Å². The Hall–Kier alpha value is -3.13. The lowest BCUT2D eigenvalue weighted by molar-refractivity contribution is 0.0982. The molecule has 0 fully saturated rings. The number of rotatable bonds is 13. The van der Waals surface area contributed by atoms with E-state index in [1.54, 1.807) is 18.2 Å². The molecule has 0 bridgehead atoms. The maximum atomic E-state index is 12.5. The van der Waals surface area contributed by atoms with Crippen LogP contribution in [0.5, 0.6) is 5.75 Å². The Bertz CT molecular complexity index is 1350. The van der Waals surface area contributed by atoms with Gasteiger partial charge in [-0.2, -0.15) is 5.21 Å². The molecule has 1 aromatic heterocycles. The van der Waals surface area contributed by atoms with Gasteiger partial charge in [-0.05, 0) is 61.0 Å². The van der Waals surface area contributed by atoms with E-state index in [2.05, 4.69) is 32.9 Å². The monoisotopic (exact) mass is 571 g/mol. The maximum absolute atomic E-state index is 12.5. The molecule has 1 heterocycles. The number of aromatic amines is 1. The number of nitrogens with zero attached hydrogens (tertiary/aromatic N) is 3. The second-order valence-electron chi connectivity index (χ2n) is 8.89. The SMILES string of the molecule is CCCC[C@@H](COc1ccc(-c2ccc(Cl)cc2Cl)c(Cl)c1)Nc1ccc(C(=O)CCc2nn[nH]n2)cc1. The summed E-state index contributed by atoms with van der Waals surface area (Å²) < 4.78 is 6.11. The fourth-order valence-corrected chi connectivity index (χ4v) is 4.79. The molecule has 0 amide bonds. The summed E-state index contributed by atoms with van der Waals surface area (Å²) in [5, 5.41) is 18.9. The Morgan fingerprint density at radius 3 is 2.39 bits per heavy atom. The first-order chi connectivity index (χ1) is 18.4. The molecule has 0 saturated heterocycles. The number of ether oxygens (including phenoxy) is 1. The summed E-state index contributed by atoms with van der Waals surface area (Å²) >= 11 is 18.9. The molecule has 4 rings (SSSR count). The largest absolute Gasteiger partial charge is 0.491 e. The van der Waals surface area contributed by atoms with Gasteiger partial charge in [0.05, 0.1) is 11.1 Å². The molecule has 198 valence electrons. The number of aromatic nitrogens is 4. The first-order valence-corrected chi connectivity index (χ1v) is 13.6. The average Bonchev–Trinajstić information content (AvgIpc) is 3.44. The van der Waals surface area contributed by atoms with Gasteiger partial charge in [0.25, 0.3) is 0 Å². The van der Waals surface area contributed by atoms with E-state index in [0.29, 0.717) is 51.7 Å². The predicted molar refractivity (Wildman–Crippen MR) is 153 cm³/mol. The lowest BCUT2D eigenvalue weighted by atomic mass is 10.1. The van der Waals surface area contributed by atoms with Crippen LogP contribution in [0.15, 0.2) is 60.7 Å². The number of hydrogen-bond acceptors (Lipinski definition) is 6. The summed E-state index contributed by atoms with van der Waals surface area (Å²) in [5.41, 5.74) is 3.20. The van der Waals surface area contributed by atoms with Crippen LogP contribution in [0, 0.1) is 0 Å². The van der Waals surface area contributed by atoms with Crippen molar-refractivity contribution in [3.05, 3.63) is 87.1 Å². The summed E-state index contributed by atoms with van der Waals surface area (Å²) in [6, 6.07) is 18.5. The minimum Gasteiger partial charge on any atom is -0.491 e. The standard InChI is InChI=1S/C28H28Cl3N5O2/c1-2-3-4-21(32-20-8-5-18(6-9-20)27(37)13-14-28-33-35-36-34-28)17-38-22-10-12-24(26(31)16-22)23-11-7-19(29)15-25(23)30/h5-12,15-16,21,32H,2-4,13-14,17H2,1H3,(H,33,34,35,36)/t21-/m0/s1. The number of aryl methyl sites for hydroxylation is 1. The number of anilines is 1. The van der Waals surface area contributed by atoms with E-state index in [0.717, 1.165) is 36.1 Å². The van der Waals surface area contributed by atoms with Crippen molar-refractivity contribution in [2.45, 2.75) is 45.1 Å². The number of nitrogens with one attached hydrogen (secondary N) is 2. The number of carbonyl (C=O) groups excluding carboxylic acids is 1. The van der Waals surface area contributed by atoms with Gasteiger partial charge in [-0.1, -0.05) is 65.8 Å². The molecule has 0 saturated carbocycles. The van der Waals surface area contributed by atoms with Gasteiger partial charge in [0, 0.05) is 45.3 Å². The van der Waals surface area contributed by atoms with E-state index in [9.17, 15) is 4.79 Å². The Kier molecular flexibility index (Phi) is 9.98. The lowest BCUT2D eigenvalue weighted by Crippen LogP contribution is -2.27. The zero-order valence-corrected chi connectivity index (χ0v) is 23.2. The topological polar surface area (TPSA) is 92.8 Å². The van der Waals surface area contributed by atoms with Crippen molar-refractivity contribution in [1.82, 2.24) is 20.6 Å². The Balaban J connectivity index is 1.36. The van der Waals surface area contributed by atoms with E-state index in [1.165, 1.54) is 0 Å². The number of hydrogen-bond donors (Lipinski definition) is 2. The molecule has 0 aliphatic rings. The van der Waals surface area contributed by atoms with Gasteiger partial charge < -0.3 is 10.1 Å². The van der Waals surface area contributed by atoms with Crippen molar-refractivity contribution in [2.75, 3.05) is 11.9 Å². The Morgan fingerprint density at radius 2 is 1.74 bits per heavy atom. The molecular weight excluding hydrogens is 545 g/mol. The highest BCUT2D eigenvalue weighted by Gasteiger charge is 2.14. The summed E-state index contributed by atoms with van der Waals surface area (Å²) in [5.74, 6) is 1.24. The molecule has 3 aromatic carbocycles. The number of benzene rings is 3. The average molecular weight is 573 g/mol. The van der Waals surface area contributed by atoms with Crippen LogP contribution < -0.4 is 10.1 Å². The van der Waals surface area contributed by atoms with Crippen molar-refractivity contribution in [3.63, 3.8) is 0 Å². The third-order valence-corrected chi connectivity index (χ3v) is 6.92. The van der Waals surface area contributed by atoms with E-state index >= 15 is 0 Å². The number of H-pyrrole nitrogens is 1. The normalized spacial score (nSPS) is 11.8. The van der Waals surface area contributed by atoms with E-state index in [1.807, 2.05) is 42.5 Å². The second kappa shape index (κ2) is 13.6. The number of unbranched alkanes of at least 4 members (excludes halogenated alkanes) is 1. The molecular formula is C28H28Cl3N5O2. The third kappa shape index (κ3) is 7.69. The second-order valence-corrected chi connectivity index (χ2v) is 10.1. The molecule has 10 heteroatoms. The molecule has 2 N–H and O–H groups in total. The van der Waals surface area contributed by atoms with Gasteiger partial charge in [0.1, 0.15) is 12.4 Å². The molecule has 0 unspecified atom stereocenters. The van der Waals surface area contributed by atoms with Crippen LogP contribution in [0.1, 0.15) is 48.8 Å². The first-order valence-electron chi connectivity index (χ1n) is 12.4. The van der Waals surface area contributed by atoms with Gasteiger partial charge in [0.2, 0.25) is 0 Å². The first kappa shape index (κ1) is 27.9. The lowest BCUT2D eigenvalue weighted by Gasteiger charge is -2.21. The van der Waals surface area contributed by atoms with Crippen molar-refractivity contribution in [2.24, 2.45) is 0 Å². The van der Waals surface area contributed by atoms with Crippen LogP contribution in [0.25, 0.3) is 11.1 Å². The Morgan fingerprint density at radius 1 is 1.00 bits per heavy atom. The van der Waals surface area contributed by atoms with E-state index in [4.69, 9.17) is 39.5 Å². The predicted octanol–water partition coefficient (Wildman–Crippen LogP) is 7.69. The summed E-state index contributed by atoms with van der Waals surface area (Å²) in [6.07, 6.45) is 3.85. The fraction of sp³-hybridized carbons (Fsp3) is 0.286. The molecule has 0 radical (unpaired) electrons. The summed E-state index contributed by atoms with van der Waals surface area (Å²) in [7, 11) is 0. The van der Waals surface area contributed by atoms with Crippen LogP contribution >= 0.6 is 34.8 Å². The molecule has 0 aliphatic heterocycles. The highest BCUT2D eigenvalue weighted by molar-refractivity contribution is 6.38. The quantitative estimate of drug-likeness (QED) is 0.160. The maximum Gasteiger partial charge on any atom is 0.175 e. The van der Waals surface area contributed by atoms with Crippen LogP contribution in [-0.2, 0) is 6.42 Å². The van der Waals surface area contributed by atoms with Crippen molar-refractivity contribution >= 4 is 46.3 Å². The van der Waals surface area contributed by atoms with Crippen molar-refractivity contribution < 1.29 is 9.53 Å². The number of Topliss-reactive ketones (excluding diaryl/α,β-unsaturated/α-hetero) is 1. The fourth-order valence-electron chi connectivity index (χ4n) is 4.00. The van der Waals surface area contributed by atoms with Gasteiger partial charge in [-0.25, -0.2) is 0 Å². The number of ketones is 1. The van der Waals surface area contributed by atoms with Crippen LogP contribution in [0.2, 0.25) is 15.1 Å². The van der Waals surface area contributed by atoms with Gasteiger partial charge in [0.15, 0.2) is 11.6 Å². The molecule has 7 nitrogen and oxygen atoms in total. The van der Waals surface area contributed by atoms with Gasteiger partial charge in [-0.3, -0.25) is 4.79 Å². The minimum atomic E-state index is 0.0347. The zero-order valence-electron chi connectivity index (χ0n) is 20.9. The molecule has 0 spiro atoms. The number of halogens is 3. The smallest absolute Gasteiger partial charge is 0.175 e. The highest BCUT2D eigenvalue weighted by atomic mass is 35.5. The minimum absolute atomic E-state index is 0.0347. The Labute approximate surface area is 236 Å². The summed E-state index contributed by atoms with van der Waals surface area (Å²) in [6.45, 7) is 2.62. The molecule has 4 aromatic rings.